The van der Waals surface area contributed by atoms with Crippen molar-refractivity contribution in [1.29, 1.82) is 0 Å². The number of carbonyl (C=O) groups is 1. The van der Waals surface area contributed by atoms with Crippen LogP contribution in [-0.4, -0.2) is 22.8 Å². The topological polar surface area (TPSA) is 66.8 Å². The summed E-state index contributed by atoms with van der Waals surface area (Å²) < 4.78 is 5.71. The lowest BCUT2D eigenvalue weighted by Gasteiger charge is -2.20. The molecule has 3 rings (SSSR count). The van der Waals surface area contributed by atoms with E-state index >= 15 is 0 Å². The number of aromatic carboxylic acids is 1. The van der Waals surface area contributed by atoms with Crippen LogP contribution in [0, 0.1) is 0 Å². The van der Waals surface area contributed by atoms with Crippen molar-refractivity contribution in [2.75, 3.05) is 6.61 Å². The number of rotatable bonds is 2. The maximum Gasteiger partial charge on any atom is 0.335 e. The van der Waals surface area contributed by atoms with Crippen molar-refractivity contribution in [3.05, 3.63) is 47.5 Å². The summed E-state index contributed by atoms with van der Waals surface area (Å²) in [6, 6.07) is 10.2. The smallest absolute Gasteiger partial charge is 0.335 e. The first-order valence-electron chi connectivity index (χ1n) is 6.48. The zero-order chi connectivity index (χ0) is 14.1. The average Bonchev–Trinajstić information content (AvgIpc) is 2.46. The summed E-state index contributed by atoms with van der Waals surface area (Å²) in [6.45, 7) is 0.665. The van der Waals surface area contributed by atoms with Gasteiger partial charge in [0.05, 0.1) is 12.2 Å². The van der Waals surface area contributed by atoms with E-state index in [0.717, 1.165) is 29.7 Å². The molecule has 0 fully saturated rings. The molecule has 0 aromatic heterocycles. The summed E-state index contributed by atoms with van der Waals surface area (Å²) in [7, 11) is 0. The van der Waals surface area contributed by atoms with Gasteiger partial charge in [0.25, 0.3) is 0 Å². The lowest BCUT2D eigenvalue weighted by atomic mass is 9.96. The lowest BCUT2D eigenvalue weighted by molar-refractivity contribution is 0.0696. The molecule has 0 saturated heterocycles. The van der Waals surface area contributed by atoms with Gasteiger partial charge in [-0.1, -0.05) is 18.2 Å². The summed E-state index contributed by atoms with van der Waals surface area (Å²) in [4.78, 5) is 10.9. The summed E-state index contributed by atoms with van der Waals surface area (Å²) >= 11 is 0. The number of fused-ring (bicyclic) bond motifs is 1. The molecule has 0 saturated carbocycles. The number of aromatic hydroxyl groups is 1. The Balaban J connectivity index is 2.12. The fourth-order valence-corrected chi connectivity index (χ4v) is 2.49. The predicted octanol–water partition coefficient (Wildman–Crippen LogP) is 3.08. The number of carboxylic acids is 1. The molecule has 0 unspecified atom stereocenters. The minimum atomic E-state index is -1.06. The number of carboxylic acid groups (broad SMARTS) is 1. The van der Waals surface area contributed by atoms with Crippen LogP contribution in [0.25, 0.3) is 11.1 Å². The highest BCUT2D eigenvalue weighted by Gasteiger charge is 2.18. The van der Waals surface area contributed by atoms with Crippen LogP contribution in [-0.2, 0) is 6.42 Å². The first kappa shape index (κ1) is 12.5. The van der Waals surface area contributed by atoms with E-state index in [9.17, 15) is 9.90 Å². The molecular formula is C16H14O4. The Bertz CT molecular complexity index is 676. The molecule has 4 heteroatoms. The Kier molecular flexibility index (Phi) is 3.06. The molecule has 0 bridgehead atoms. The van der Waals surface area contributed by atoms with E-state index in [0.29, 0.717) is 12.2 Å². The molecule has 1 heterocycles. The third-order valence-corrected chi connectivity index (χ3v) is 3.47. The van der Waals surface area contributed by atoms with E-state index in [-0.39, 0.29) is 11.3 Å². The van der Waals surface area contributed by atoms with Crippen LogP contribution in [0.15, 0.2) is 36.4 Å². The van der Waals surface area contributed by atoms with E-state index in [4.69, 9.17) is 9.84 Å². The highest BCUT2D eigenvalue weighted by molar-refractivity contribution is 5.90. The Morgan fingerprint density at radius 1 is 1.15 bits per heavy atom. The van der Waals surface area contributed by atoms with Gasteiger partial charge in [0.15, 0.2) is 0 Å². The molecule has 0 spiro atoms. The molecule has 2 N–H and O–H groups in total. The number of ether oxygens (including phenoxy) is 1. The minimum Gasteiger partial charge on any atom is -0.507 e. The van der Waals surface area contributed by atoms with Gasteiger partial charge in [0.2, 0.25) is 0 Å². The highest BCUT2D eigenvalue weighted by Crippen LogP contribution is 2.40. The molecule has 102 valence electrons. The molecule has 20 heavy (non-hydrogen) atoms. The Hall–Kier alpha value is -2.49. The molecule has 0 amide bonds. The van der Waals surface area contributed by atoms with Gasteiger partial charge in [-0.3, -0.25) is 0 Å². The van der Waals surface area contributed by atoms with Crippen molar-refractivity contribution in [3.8, 4) is 22.6 Å². The van der Waals surface area contributed by atoms with Gasteiger partial charge < -0.3 is 14.9 Å². The maximum atomic E-state index is 10.9. The summed E-state index contributed by atoms with van der Waals surface area (Å²) in [5.41, 5.74) is 2.58. The van der Waals surface area contributed by atoms with E-state index in [1.807, 2.05) is 18.2 Å². The number of aryl methyl sites for hydroxylation is 1. The van der Waals surface area contributed by atoms with Crippen LogP contribution in [0.1, 0.15) is 22.3 Å². The second-order valence-corrected chi connectivity index (χ2v) is 4.78. The number of para-hydroxylation sites is 1. The first-order valence-corrected chi connectivity index (χ1v) is 6.48. The van der Waals surface area contributed by atoms with E-state index in [2.05, 4.69) is 0 Å². The fraction of sp³-hybridized carbons (Fsp3) is 0.188. The number of phenols is 1. The standard InChI is InChI=1S/C16H14O4/c17-14-9-11(16(18)19)6-7-12(14)13-5-1-3-10-4-2-8-20-15(10)13/h1,3,5-7,9,17H,2,4,8H2,(H,18,19). The summed E-state index contributed by atoms with van der Waals surface area (Å²) in [5.74, 6) is -0.317. The van der Waals surface area contributed by atoms with Gasteiger partial charge in [0, 0.05) is 11.1 Å². The third kappa shape index (κ3) is 2.09. The van der Waals surface area contributed by atoms with Crippen molar-refractivity contribution in [1.82, 2.24) is 0 Å². The SMILES string of the molecule is O=C(O)c1ccc(-c2cccc3c2OCCC3)c(O)c1. The van der Waals surface area contributed by atoms with Crippen molar-refractivity contribution < 1.29 is 19.7 Å². The highest BCUT2D eigenvalue weighted by atomic mass is 16.5. The fourth-order valence-electron chi connectivity index (χ4n) is 2.49. The molecule has 1 aliphatic rings. The van der Waals surface area contributed by atoms with Crippen LogP contribution in [0.2, 0.25) is 0 Å². The average molecular weight is 270 g/mol. The Labute approximate surface area is 116 Å². The number of benzene rings is 2. The molecule has 0 radical (unpaired) electrons. The van der Waals surface area contributed by atoms with Gasteiger partial charge in [-0.15, -0.1) is 0 Å². The summed E-state index contributed by atoms with van der Waals surface area (Å²) in [5, 5.41) is 19.0. The summed E-state index contributed by atoms with van der Waals surface area (Å²) in [6.07, 6.45) is 1.94. The number of phenolic OH excluding ortho intramolecular Hbond substituents is 1. The lowest BCUT2D eigenvalue weighted by Crippen LogP contribution is -2.09. The Morgan fingerprint density at radius 2 is 2.00 bits per heavy atom. The zero-order valence-corrected chi connectivity index (χ0v) is 10.8. The van der Waals surface area contributed by atoms with Gasteiger partial charge in [-0.2, -0.15) is 0 Å². The van der Waals surface area contributed by atoms with E-state index in [1.165, 1.54) is 12.1 Å². The van der Waals surface area contributed by atoms with Crippen molar-refractivity contribution in [3.63, 3.8) is 0 Å². The molecule has 1 aliphatic heterocycles. The molecule has 4 nitrogen and oxygen atoms in total. The van der Waals surface area contributed by atoms with Crippen LogP contribution in [0.3, 0.4) is 0 Å². The molecule has 2 aromatic rings. The number of hydrogen-bond acceptors (Lipinski definition) is 3. The zero-order valence-electron chi connectivity index (χ0n) is 10.8. The minimum absolute atomic E-state index is 0.0486. The Morgan fingerprint density at radius 3 is 2.75 bits per heavy atom. The monoisotopic (exact) mass is 270 g/mol. The molecule has 0 atom stereocenters. The largest absolute Gasteiger partial charge is 0.507 e. The van der Waals surface area contributed by atoms with Crippen LogP contribution >= 0.6 is 0 Å². The van der Waals surface area contributed by atoms with Gasteiger partial charge in [0.1, 0.15) is 11.5 Å². The molecule has 2 aromatic carbocycles. The second-order valence-electron chi connectivity index (χ2n) is 4.78. The second kappa shape index (κ2) is 4.89. The molecular weight excluding hydrogens is 256 g/mol. The van der Waals surface area contributed by atoms with Gasteiger partial charge in [-0.25, -0.2) is 4.79 Å². The van der Waals surface area contributed by atoms with E-state index in [1.54, 1.807) is 6.07 Å². The van der Waals surface area contributed by atoms with Crippen molar-refractivity contribution >= 4 is 5.97 Å². The number of hydrogen-bond donors (Lipinski definition) is 2. The van der Waals surface area contributed by atoms with Gasteiger partial charge >= 0.3 is 5.97 Å². The predicted molar refractivity (Wildman–Crippen MR) is 74.3 cm³/mol. The van der Waals surface area contributed by atoms with E-state index < -0.39 is 5.97 Å². The normalized spacial score (nSPS) is 13.4. The molecule has 0 aliphatic carbocycles. The van der Waals surface area contributed by atoms with Crippen LogP contribution in [0.4, 0.5) is 0 Å². The third-order valence-electron chi connectivity index (χ3n) is 3.47. The van der Waals surface area contributed by atoms with Crippen LogP contribution in [0.5, 0.6) is 11.5 Å². The maximum absolute atomic E-state index is 10.9. The van der Waals surface area contributed by atoms with Crippen molar-refractivity contribution in [2.24, 2.45) is 0 Å². The van der Waals surface area contributed by atoms with Gasteiger partial charge in [-0.05, 0) is 36.6 Å². The quantitative estimate of drug-likeness (QED) is 0.880. The van der Waals surface area contributed by atoms with Crippen molar-refractivity contribution in [2.45, 2.75) is 12.8 Å². The first-order chi connectivity index (χ1) is 9.66. The van der Waals surface area contributed by atoms with Crippen LogP contribution < -0.4 is 4.74 Å².